The van der Waals surface area contributed by atoms with Crippen molar-refractivity contribution in [1.29, 1.82) is 0 Å². The van der Waals surface area contributed by atoms with Crippen LogP contribution < -0.4 is 0 Å². The third kappa shape index (κ3) is 3.33. The average Bonchev–Trinajstić information content (AvgIpc) is 3.21. The fourth-order valence-electron chi connectivity index (χ4n) is 3.89. The second kappa shape index (κ2) is 6.64. The molecule has 5 heteroatoms. The first-order valence-corrected chi connectivity index (χ1v) is 9.30. The van der Waals surface area contributed by atoms with Crippen LogP contribution in [0.2, 0.25) is 0 Å². The van der Waals surface area contributed by atoms with Gasteiger partial charge in [0.1, 0.15) is 11.6 Å². The van der Waals surface area contributed by atoms with Gasteiger partial charge in [0.05, 0.1) is 17.6 Å². The van der Waals surface area contributed by atoms with Crippen LogP contribution in [0.1, 0.15) is 55.9 Å². The fourth-order valence-corrected chi connectivity index (χ4v) is 3.89. The molecule has 1 saturated heterocycles. The Balaban J connectivity index is 1.40. The van der Waals surface area contributed by atoms with Gasteiger partial charge in [-0.25, -0.2) is 9.97 Å². The van der Waals surface area contributed by atoms with Gasteiger partial charge in [0.15, 0.2) is 0 Å². The molecule has 3 heterocycles. The summed E-state index contributed by atoms with van der Waals surface area (Å²) in [5.74, 6) is 2.91. The number of H-pyrrole nitrogens is 1. The number of hydrogen-bond acceptors (Lipinski definition) is 3. The minimum atomic E-state index is 0.481. The Kier molecular flexibility index (Phi) is 4.34. The Morgan fingerprint density at radius 1 is 1.24 bits per heavy atom. The lowest BCUT2D eigenvalue weighted by atomic mass is 9.95. The van der Waals surface area contributed by atoms with Crippen LogP contribution >= 0.6 is 0 Å². The first-order valence-electron chi connectivity index (χ1n) is 9.30. The molecule has 2 aromatic heterocycles. The molecular weight excluding hydrogens is 310 g/mol. The summed E-state index contributed by atoms with van der Waals surface area (Å²) in [5, 5.41) is 0. The van der Waals surface area contributed by atoms with Gasteiger partial charge in [0, 0.05) is 24.4 Å². The number of aromatic amines is 1. The van der Waals surface area contributed by atoms with Gasteiger partial charge in [-0.2, -0.15) is 0 Å². The molecule has 1 aliphatic heterocycles. The van der Waals surface area contributed by atoms with E-state index in [4.69, 9.17) is 4.98 Å². The summed E-state index contributed by atoms with van der Waals surface area (Å²) in [6.07, 6.45) is 6.40. The third-order valence-electron chi connectivity index (χ3n) is 5.27. The Labute approximate surface area is 149 Å². The van der Waals surface area contributed by atoms with Crippen molar-refractivity contribution in [2.24, 2.45) is 0 Å². The Hall–Kier alpha value is -2.14. The molecule has 0 atom stereocenters. The standard InChI is InChI=1S/C20H27N5/c1-14(2)25-11-8-21-20(25)16-6-9-24(10-7-16)13-19-22-17-5-4-15(3)12-18(17)23-19/h4-5,8,11-12,14,16H,6-7,9-10,13H2,1-3H3,(H,22,23). The van der Waals surface area contributed by atoms with Gasteiger partial charge >= 0.3 is 0 Å². The summed E-state index contributed by atoms with van der Waals surface area (Å²) in [4.78, 5) is 15.4. The van der Waals surface area contributed by atoms with Gasteiger partial charge in [0.25, 0.3) is 0 Å². The highest BCUT2D eigenvalue weighted by atomic mass is 15.2. The van der Waals surface area contributed by atoms with Crippen molar-refractivity contribution in [3.8, 4) is 0 Å². The van der Waals surface area contributed by atoms with Gasteiger partial charge < -0.3 is 9.55 Å². The predicted molar refractivity (Wildman–Crippen MR) is 101 cm³/mol. The van der Waals surface area contributed by atoms with Gasteiger partial charge in [-0.05, 0) is 64.4 Å². The number of aromatic nitrogens is 4. The molecule has 0 amide bonds. The number of imidazole rings is 2. The summed E-state index contributed by atoms with van der Waals surface area (Å²) in [6.45, 7) is 9.68. The topological polar surface area (TPSA) is 49.7 Å². The number of nitrogens with zero attached hydrogens (tertiary/aromatic N) is 4. The molecule has 0 saturated carbocycles. The highest BCUT2D eigenvalue weighted by Gasteiger charge is 2.25. The summed E-state index contributed by atoms with van der Waals surface area (Å²) in [6, 6.07) is 6.87. The molecular formula is C20H27N5. The number of hydrogen-bond donors (Lipinski definition) is 1. The third-order valence-corrected chi connectivity index (χ3v) is 5.27. The summed E-state index contributed by atoms with van der Waals surface area (Å²) in [5.41, 5.74) is 3.47. The van der Waals surface area contributed by atoms with Crippen molar-refractivity contribution in [2.75, 3.05) is 13.1 Å². The highest BCUT2D eigenvalue weighted by Crippen LogP contribution is 2.29. The highest BCUT2D eigenvalue weighted by molar-refractivity contribution is 5.75. The molecule has 1 fully saturated rings. The molecule has 0 unspecified atom stereocenters. The van der Waals surface area contributed by atoms with Crippen molar-refractivity contribution >= 4 is 11.0 Å². The number of rotatable bonds is 4. The van der Waals surface area contributed by atoms with E-state index in [9.17, 15) is 0 Å². The van der Waals surface area contributed by atoms with Gasteiger partial charge in [-0.15, -0.1) is 0 Å². The normalized spacial score (nSPS) is 17.0. The largest absolute Gasteiger partial charge is 0.341 e. The quantitative estimate of drug-likeness (QED) is 0.782. The number of likely N-dealkylation sites (tertiary alicyclic amines) is 1. The summed E-state index contributed by atoms with van der Waals surface area (Å²) < 4.78 is 2.32. The number of benzene rings is 1. The second-order valence-corrected chi connectivity index (χ2v) is 7.54. The lowest BCUT2D eigenvalue weighted by molar-refractivity contribution is 0.196. The van der Waals surface area contributed by atoms with Gasteiger partial charge in [0.2, 0.25) is 0 Å². The molecule has 1 N–H and O–H groups in total. The maximum absolute atomic E-state index is 4.74. The number of piperidine rings is 1. The van der Waals surface area contributed by atoms with Crippen molar-refractivity contribution in [3.63, 3.8) is 0 Å². The predicted octanol–water partition coefficient (Wildman–Crippen LogP) is 4.03. The Bertz CT molecular complexity index is 852. The molecule has 0 spiro atoms. The molecule has 3 aromatic rings. The fraction of sp³-hybridized carbons (Fsp3) is 0.500. The monoisotopic (exact) mass is 337 g/mol. The van der Waals surface area contributed by atoms with Crippen LogP contribution in [0.4, 0.5) is 0 Å². The van der Waals surface area contributed by atoms with E-state index in [0.717, 1.165) is 36.5 Å². The van der Waals surface area contributed by atoms with E-state index in [2.05, 4.69) is 64.6 Å². The SMILES string of the molecule is Cc1ccc2nc(CN3CCC(c4nccn4C(C)C)CC3)[nH]c2c1. The molecule has 25 heavy (non-hydrogen) atoms. The smallest absolute Gasteiger partial charge is 0.121 e. The van der Waals surface area contributed by atoms with Crippen LogP contribution in [0.5, 0.6) is 0 Å². The first kappa shape index (κ1) is 16.3. The molecule has 1 aliphatic rings. The lowest BCUT2D eigenvalue weighted by Gasteiger charge is -2.31. The average molecular weight is 337 g/mol. The van der Waals surface area contributed by atoms with Crippen LogP contribution in [-0.4, -0.2) is 37.5 Å². The molecule has 0 aliphatic carbocycles. The van der Waals surface area contributed by atoms with Crippen molar-refractivity contribution in [1.82, 2.24) is 24.4 Å². The van der Waals surface area contributed by atoms with Crippen LogP contribution in [0.25, 0.3) is 11.0 Å². The Morgan fingerprint density at radius 2 is 2.04 bits per heavy atom. The molecule has 0 bridgehead atoms. The van der Waals surface area contributed by atoms with Crippen molar-refractivity contribution in [2.45, 2.75) is 52.1 Å². The minimum Gasteiger partial charge on any atom is -0.341 e. The molecule has 1 aromatic carbocycles. The maximum Gasteiger partial charge on any atom is 0.121 e. The zero-order valence-corrected chi connectivity index (χ0v) is 15.4. The van der Waals surface area contributed by atoms with E-state index in [1.807, 2.05) is 6.20 Å². The van der Waals surface area contributed by atoms with Crippen LogP contribution in [0.3, 0.4) is 0 Å². The lowest BCUT2D eigenvalue weighted by Crippen LogP contribution is -2.33. The second-order valence-electron chi connectivity index (χ2n) is 7.54. The van der Waals surface area contributed by atoms with E-state index < -0.39 is 0 Å². The van der Waals surface area contributed by atoms with Crippen molar-refractivity contribution < 1.29 is 0 Å². The van der Waals surface area contributed by atoms with Crippen molar-refractivity contribution in [3.05, 3.63) is 47.8 Å². The van der Waals surface area contributed by atoms with E-state index in [-0.39, 0.29) is 0 Å². The summed E-state index contributed by atoms with van der Waals surface area (Å²) in [7, 11) is 0. The van der Waals surface area contributed by atoms with Crippen LogP contribution in [-0.2, 0) is 6.54 Å². The van der Waals surface area contributed by atoms with Crippen LogP contribution in [0.15, 0.2) is 30.6 Å². The van der Waals surface area contributed by atoms with E-state index in [1.165, 1.54) is 24.2 Å². The van der Waals surface area contributed by atoms with Gasteiger partial charge in [-0.3, -0.25) is 4.90 Å². The number of nitrogens with one attached hydrogen (secondary N) is 1. The summed E-state index contributed by atoms with van der Waals surface area (Å²) >= 11 is 0. The minimum absolute atomic E-state index is 0.481. The zero-order valence-electron chi connectivity index (χ0n) is 15.4. The van der Waals surface area contributed by atoms with Crippen LogP contribution in [0, 0.1) is 6.92 Å². The molecule has 5 nitrogen and oxygen atoms in total. The maximum atomic E-state index is 4.74. The zero-order chi connectivity index (χ0) is 17.4. The molecule has 132 valence electrons. The van der Waals surface area contributed by atoms with Gasteiger partial charge in [-0.1, -0.05) is 6.07 Å². The van der Waals surface area contributed by atoms with E-state index in [0.29, 0.717) is 12.0 Å². The first-order chi connectivity index (χ1) is 12.1. The number of fused-ring (bicyclic) bond motifs is 1. The number of aryl methyl sites for hydroxylation is 1. The van der Waals surface area contributed by atoms with E-state index in [1.54, 1.807) is 0 Å². The molecule has 4 rings (SSSR count). The molecule has 0 radical (unpaired) electrons. The van der Waals surface area contributed by atoms with E-state index >= 15 is 0 Å². The Morgan fingerprint density at radius 3 is 2.80 bits per heavy atom.